The van der Waals surface area contributed by atoms with Crippen molar-refractivity contribution >= 4 is 11.6 Å². The molecule has 2 aromatic rings. The molecule has 0 aromatic heterocycles. The summed E-state index contributed by atoms with van der Waals surface area (Å²) in [6, 6.07) is 15.7. The van der Waals surface area contributed by atoms with Gasteiger partial charge in [-0.25, -0.2) is 0 Å². The van der Waals surface area contributed by atoms with E-state index in [0.717, 1.165) is 17.7 Å². The first-order valence-electron chi connectivity index (χ1n) is 9.07. The molecule has 27 heavy (non-hydrogen) atoms. The number of rotatable bonds is 8. The molecule has 0 saturated heterocycles. The Bertz CT molecular complexity index is 795. The number of ether oxygens (including phenoxy) is 1. The lowest BCUT2D eigenvalue weighted by Gasteiger charge is -2.23. The van der Waals surface area contributed by atoms with Crippen molar-refractivity contribution in [1.82, 2.24) is 5.32 Å². The second-order valence-electron chi connectivity index (χ2n) is 6.91. The van der Waals surface area contributed by atoms with E-state index in [4.69, 9.17) is 9.57 Å². The van der Waals surface area contributed by atoms with Gasteiger partial charge in [0.1, 0.15) is 19.5 Å². The van der Waals surface area contributed by atoms with Gasteiger partial charge in [-0.15, -0.1) is 0 Å². The summed E-state index contributed by atoms with van der Waals surface area (Å²) in [5.74, 6) is 0.473. The number of carbonyl (C=O) groups excluding carboxylic acids is 1. The molecule has 0 atom stereocenters. The highest BCUT2D eigenvalue weighted by Crippen LogP contribution is 2.28. The highest BCUT2D eigenvalue weighted by Gasteiger charge is 2.19. The molecule has 144 valence electrons. The zero-order chi connectivity index (χ0) is 19.9. The molecule has 0 aliphatic heterocycles. The fourth-order valence-electron chi connectivity index (χ4n) is 2.67. The Labute approximate surface area is 161 Å². The Morgan fingerprint density at radius 1 is 1.11 bits per heavy atom. The van der Waals surface area contributed by atoms with E-state index in [0.29, 0.717) is 12.2 Å². The summed E-state index contributed by atoms with van der Waals surface area (Å²) in [7, 11) is 2.98. The van der Waals surface area contributed by atoms with E-state index < -0.39 is 0 Å². The lowest BCUT2D eigenvalue weighted by molar-refractivity contribution is -0.114. The van der Waals surface area contributed by atoms with Gasteiger partial charge in [-0.3, -0.25) is 4.79 Å². The molecule has 0 saturated carbocycles. The third kappa shape index (κ3) is 5.09. The fourth-order valence-corrected chi connectivity index (χ4v) is 2.67. The highest BCUT2D eigenvalue weighted by atomic mass is 16.6. The maximum atomic E-state index is 12.1. The van der Waals surface area contributed by atoms with E-state index in [2.05, 4.69) is 43.4 Å². The van der Waals surface area contributed by atoms with Crippen LogP contribution in [0.5, 0.6) is 5.75 Å². The smallest absolute Gasteiger partial charge is 0.273 e. The molecule has 5 heteroatoms. The van der Waals surface area contributed by atoms with Crippen molar-refractivity contribution in [2.24, 2.45) is 5.16 Å². The maximum absolute atomic E-state index is 12.1. The van der Waals surface area contributed by atoms with Crippen molar-refractivity contribution in [1.29, 1.82) is 0 Å². The van der Waals surface area contributed by atoms with Gasteiger partial charge in [-0.05, 0) is 35.1 Å². The zero-order valence-electron chi connectivity index (χ0n) is 16.7. The summed E-state index contributed by atoms with van der Waals surface area (Å²) >= 11 is 0. The quantitative estimate of drug-likeness (QED) is 0.565. The van der Waals surface area contributed by atoms with Crippen LogP contribution in [0.4, 0.5) is 0 Å². The normalized spacial score (nSPS) is 11.8. The Hall–Kier alpha value is -2.82. The van der Waals surface area contributed by atoms with E-state index in [9.17, 15) is 4.79 Å². The van der Waals surface area contributed by atoms with E-state index in [1.807, 2.05) is 36.4 Å². The van der Waals surface area contributed by atoms with Crippen molar-refractivity contribution in [2.45, 2.75) is 39.2 Å². The number of benzene rings is 2. The number of hydrogen-bond acceptors (Lipinski definition) is 4. The van der Waals surface area contributed by atoms with Crippen LogP contribution < -0.4 is 10.1 Å². The van der Waals surface area contributed by atoms with Gasteiger partial charge in [-0.1, -0.05) is 62.3 Å². The van der Waals surface area contributed by atoms with Crippen LogP contribution in [0.15, 0.2) is 53.7 Å². The summed E-state index contributed by atoms with van der Waals surface area (Å²) in [5.41, 5.74) is 3.19. The molecule has 0 fully saturated rings. The minimum Gasteiger partial charge on any atom is -0.489 e. The number of amides is 1. The molecule has 2 rings (SSSR count). The molecule has 0 unspecified atom stereocenters. The lowest BCUT2D eigenvalue weighted by Crippen LogP contribution is -2.29. The first-order chi connectivity index (χ1) is 12.9. The Balaban J connectivity index is 2.19. The topological polar surface area (TPSA) is 59.9 Å². The third-order valence-corrected chi connectivity index (χ3v) is 4.81. The second-order valence-corrected chi connectivity index (χ2v) is 6.91. The first kappa shape index (κ1) is 20.5. The van der Waals surface area contributed by atoms with Gasteiger partial charge < -0.3 is 14.9 Å². The maximum Gasteiger partial charge on any atom is 0.273 e. The van der Waals surface area contributed by atoms with Crippen molar-refractivity contribution in [3.63, 3.8) is 0 Å². The van der Waals surface area contributed by atoms with Crippen LogP contribution in [-0.4, -0.2) is 25.8 Å². The first-order valence-corrected chi connectivity index (χ1v) is 9.07. The predicted octanol–water partition coefficient (Wildman–Crippen LogP) is 4.05. The molecule has 0 aliphatic rings. The van der Waals surface area contributed by atoms with Gasteiger partial charge in [-0.2, -0.15) is 0 Å². The third-order valence-electron chi connectivity index (χ3n) is 4.81. The van der Waals surface area contributed by atoms with Crippen molar-refractivity contribution in [3.8, 4) is 5.75 Å². The SMILES string of the molecule is CCC(C)(C)c1ccc(OCc2ccccc2/C(=N\OC)C(=O)NC)cc1. The summed E-state index contributed by atoms with van der Waals surface area (Å²) in [5, 5.41) is 6.46. The summed E-state index contributed by atoms with van der Waals surface area (Å²) in [6.45, 7) is 6.97. The van der Waals surface area contributed by atoms with E-state index in [1.54, 1.807) is 7.05 Å². The zero-order valence-corrected chi connectivity index (χ0v) is 16.7. The number of nitrogens with zero attached hydrogens (tertiary/aromatic N) is 1. The molecule has 1 amide bonds. The molecule has 1 N–H and O–H groups in total. The van der Waals surface area contributed by atoms with Crippen LogP contribution in [0, 0.1) is 0 Å². The number of oxime groups is 1. The number of carbonyl (C=O) groups is 1. The fraction of sp³-hybridized carbons (Fsp3) is 0.364. The summed E-state index contributed by atoms with van der Waals surface area (Å²) in [4.78, 5) is 17.0. The molecular formula is C22H28N2O3. The van der Waals surface area contributed by atoms with Crippen molar-refractivity contribution < 1.29 is 14.4 Å². The van der Waals surface area contributed by atoms with Gasteiger partial charge in [0.05, 0.1) is 0 Å². The van der Waals surface area contributed by atoms with Crippen LogP contribution in [0.25, 0.3) is 0 Å². The van der Waals surface area contributed by atoms with Gasteiger partial charge >= 0.3 is 0 Å². The van der Waals surface area contributed by atoms with E-state index >= 15 is 0 Å². The van der Waals surface area contributed by atoms with Crippen LogP contribution in [0.1, 0.15) is 43.9 Å². The monoisotopic (exact) mass is 368 g/mol. The standard InChI is InChI=1S/C22H28N2O3/c1-6-22(2,3)17-11-13-18(14-12-17)27-15-16-9-7-8-10-19(16)20(24-26-5)21(25)23-4/h7-14H,6,15H2,1-5H3,(H,23,25)/b24-20+. The average Bonchev–Trinajstić information content (AvgIpc) is 2.70. The number of nitrogens with one attached hydrogen (secondary N) is 1. The van der Waals surface area contributed by atoms with Crippen LogP contribution in [0.2, 0.25) is 0 Å². The van der Waals surface area contributed by atoms with E-state index in [1.165, 1.54) is 12.7 Å². The molecule has 0 spiro atoms. The van der Waals surface area contributed by atoms with Crippen molar-refractivity contribution in [2.75, 3.05) is 14.2 Å². The Kier molecular flexibility index (Phi) is 6.99. The minimum atomic E-state index is -0.310. The number of hydrogen-bond donors (Lipinski definition) is 1. The second kappa shape index (κ2) is 9.21. The molecule has 0 heterocycles. The van der Waals surface area contributed by atoms with E-state index in [-0.39, 0.29) is 17.0 Å². The summed E-state index contributed by atoms with van der Waals surface area (Å²) in [6.07, 6.45) is 1.07. The predicted molar refractivity (Wildman–Crippen MR) is 108 cm³/mol. The van der Waals surface area contributed by atoms with Crippen LogP contribution >= 0.6 is 0 Å². The van der Waals surface area contributed by atoms with Gasteiger partial charge in [0.15, 0.2) is 5.71 Å². The lowest BCUT2D eigenvalue weighted by atomic mass is 9.82. The van der Waals surface area contributed by atoms with Gasteiger partial charge in [0, 0.05) is 12.6 Å². The largest absolute Gasteiger partial charge is 0.489 e. The molecular weight excluding hydrogens is 340 g/mol. The van der Waals surface area contributed by atoms with Gasteiger partial charge in [0.25, 0.3) is 5.91 Å². The molecule has 0 bridgehead atoms. The van der Waals surface area contributed by atoms with Gasteiger partial charge in [0.2, 0.25) is 0 Å². The molecule has 0 aliphatic carbocycles. The summed E-state index contributed by atoms with van der Waals surface area (Å²) < 4.78 is 5.95. The average molecular weight is 368 g/mol. The van der Waals surface area contributed by atoms with Crippen LogP contribution in [-0.2, 0) is 21.7 Å². The Morgan fingerprint density at radius 3 is 2.37 bits per heavy atom. The Morgan fingerprint density at radius 2 is 1.78 bits per heavy atom. The van der Waals surface area contributed by atoms with Crippen LogP contribution in [0.3, 0.4) is 0 Å². The minimum absolute atomic E-state index is 0.143. The van der Waals surface area contributed by atoms with Crippen molar-refractivity contribution in [3.05, 3.63) is 65.2 Å². The molecule has 5 nitrogen and oxygen atoms in total. The molecule has 0 radical (unpaired) electrons. The number of likely N-dealkylation sites (N-methyl/N-ethyl adjacent to an activating group) is 1. The highest BCUT2D eigenvalue weighted by molar-refractivity contribution is 6.45. The molecule has 2 aromatic carbocycles.